The fourth-order valence-electron chi connectivity index (χ4n) is 6.82. The molecule has 14 heteroatoms. The zero-order chi connectivity index (χ0) is 39.9. The molecule has 0 saturated carbocycles. The number of carbonyl (C=O) groups is 4. The second-order valence-electron chi connectivity index (χ2n) is 12.3. The Balaban J connectivity index is 1.80. The van der Waals surface area contributed by atoms with E-state index in [4.69, 9.17) is 42.6 Å². The van der Waals surface area contributed by atoms with Gasteiger partial charge in [0.15, 0.2) is 23.0 Å². The predicted octanol–water partition coefficient (Wildman–Crippen LogP) is 4.67. The van der Waals surface area contributed by atoms with E-state index in [9.17, 15) is 24.3 Å². The van der Waals surface area contributed by atoms with Crippen LogP contribution in [0.4, 0.5) is 0 Å². The minimum absolute atomic E-state index is 0.00294. The number of esters is 4. The highest BCUT2D eigenvalue weighted by Gasteiger charge is 2.58. The average Bonchev–Trinajstić information content (AvgIpc) is 3.23. The summed E-state index contributed by atoms with van der Waals surface area (Å²) in [4.78, 5) is 55.9. The van der Waals surface area contributed by atoms with Crippen molar-refractivity contribution in [1.82, 2.24) is 0 Å². The number of aliphatic hydroxyl groups is 1. The first-order chi connectivity index (χ1) is 26.5. The molecule has 5 rings (SSSR count). The summed E-state index contributed by atoms with van der Waals surface area (Å²) in [5.41, 5.74) is -1.48. The van der Waals surface area contributed by atoms with E-state index in [1.807, 2.05) is 0 Å². The van der Waals surface area contributed by atoms with Crippen molar-refractivity contribution < 1.29 is 66.9 Å². The Morgan fingerprint density at radius 1 is 0.600 bits per heavy atom. The van der Waals surface area contributed by atoms with Gasteiger partial charge in [-0.05, 0) is 47.4 Å². The molecule has 1 aliphatic rings. The first-order valence-electron chi connectivity index (χ1n) is 17.0. The van der Waals surface area contributed by atoms with E-state index < -0.39 is 53.5 Å². The first-order valence-corrected chi connectivity index (χ1v) is 17.0. The molecule has 1 N–H and O–H groups in total. The maximum Gasteiger partial charge on any atom is 0.351 e. The van der Waals surface area contributed by atoms with Crippen molar-refractivity contribution in [3.8, 4) is 28.7 Å². The summed E-state index contributed by atoms with van der Waals surface area (Å²) in [6, 6.07) is 22.1. The number of hydrogen-bond donors (Lipinski definition) is 1. The number of fused-ring (bicyclic) bond motifs is 1. The third-order valence-electron chi connectivity index (χ3n) is 9.48. The molecular weight excluding hydrogens is 716 g/mol. The molecule has 0 saturated heterocycles. The van der Waals surface area contributed by atoms with Gasteiger partial charge in [0.25, 0.3) is 0 Å². The zero-order valence-electron chi connectivity index (χ0n) is 31.4. The van der Waals surface area contributed by atoms with Crippen molar-refractivity contribution in [3.63, 3.8) is 0 Å². The molecule has 1 aliphatic carbocycles. The highest BCUT2D eigenvalue weighted by molar-refractivity contribution is 5.89. The van der Waals surface area contributed by atoms with E-state index in [0.717, 1.165) is 14.2 Å². The van der Waals surface area contributed by atoms with Gasteiger partial charge in [-0.3, -0.25) is 9.59 Å². The molecule has 0 spiro atoms. The fraction of sp³-hybridized carbons (Fsp3) is 0.317. The Morgan fingerprint density at radius 2 is 1.05 bits per heavy atom. The number of benzene rings is 4. The van der Waals surface area contributed by atoms with E-state index in [2.05, 4.69) is 0 Å². The number of carbonyl (C=O) groups excluding carboxylic acids is 4. The number of rotatable bonds is 14. The lowest BCUT2D eigenvalue weighted by Crippen LogP contribution is -2.53. The van der Waals surface area contributed by atoms with Crippen LogP contribution in [0.15, 0.2) is 84.9 Å². The molecule has 0 amide bonds. The van der Waals surface area contributed by atoms with E-state index in [1.54, 1.807) is 66.7 Å². The number of ether oxygens (including phenoxy) is 9. The summed E-state index contributed by atoms with van der Waals surface area (Å²) in [5.74, 6) is -6.69. The fourth-order valence-corrected chi connectivity index (χ4v) is 6.82. The molecule has 55 heavy (non-hydrogen) atoms. The molecule has 0 radical (unpaired) electrons. The van der Waals surface area contributed by atoms with Gasteiger partial charge in [-0.15, -0.1) is 0 Å². The minimum Gasteiger partial charge on any atom is -0.493 e. The van der Waals surface area contributed by atoms with Gasteiger partial charge in [0.1, 0.15) is 11.5 Å². The standard InChI is InChI=1S/C41H42O14/c1-47-29-19-25-18-27(37(42)54-34(39(44)52-6)23-14-10-8-11-15-23)33(38(43)55-35(40(45)53-7)24-16-12-9-13-17-24)41(46,28(25)22-30(29)48-2)26-20-31(49-3)36(51-5)32(21-26)50-4/h8-17,19-22,27,33-35,46H,18H2,1-7H3/t27-,33-,34+,35+,41-/m1/s1. The molecule has 0 bridgehead atoms. The van der Waals surface area contributed by atoms with Gasteiger partial charge in [0.2, 0.25) is 18.0 Å². The third-order valence-corrected chi connectivity index (χ3v) is 9.48. The summed E-state index contributed by atoms with van der Waals surface area (Å²) in [7, 11) is 9.23. The van der Waals surface area contributed by atoms with Crippen LogP contribution in [0.5, 0.6) is 28.7 Å². The van der Waals surface area contributed by atoms with E-state index in [0.29, 0.717) is 11.1 Å². The molecule has 4 aromatic carbocycles. The topological polar surface area (TPSA) is 172 Å². The van der Waals surface area contributed by atoms with Gasteiger partial charge >= 0.3 is 23.9 Å². The lowest BCUT2D eigenvalue weighted by Gasteiger charge is -2.44. The monoisotopic (exact) mass is 758 g/mol. The Morgan fingerprint density at radius 3 is 1.49 bits per heavy atom. The van der Waals surface area contributed by atoms with Gasteiger partial charge in [-0.2, -0.15) is 0 Å². The van der Waals surface area contributed by atoms with Crippen LogP contribution in [-0.2, 0) is 50.1 Å². The van der Waals surface area contributed by atoms with Crippen molar-refractivity contribution in [2.75, 3.05) is 49.8 Å². The zero-order valence-corrected chi connectivity index (χ0v) is 31.4. The Hall–Kier alpha value is -6.28. The second kappa shape index (κ2) is 17.2. The molecule has 0 heterocycles. The normalized spacial score (nSPS) is 18.3. The van der Waals surface area contributed by atoms with Crippen LogP contribution in [0.25, 0.3) is 0 Å². The number of hydrogen-bond acceptors (Lipinski definition) is 14. The maximum atomic E-state index is 14.9. The summed E-state index contributed by atoms with van der Waals surface area (Å²) in [5, 5.41) is 13.5. The molecule has 4 aromatic rings. The molecule has 0 aliphatic heterocycles. The van der Waals surface area contributed by atoms with Gasteiger partial charge in [0.05, 0.1) is 55.7 Å². The summed E-state index contributed by atoms with van der Waals surface area (Å²) < 4.78 is 49.8. The number of methoxy groups -OCH3 is 7. The van der Waals surface area contributed by atoms with Crippen LogP contribution in [0, 0.1) is 11.8 Å². The van der Waals surface area contributed by atoms with Gasteiger partial charge in [-0.25, -0.2) is 9.59 Å². The molecule has 5 atom stereocenters. The van der Waals surface area contributed by atoms with Crippen molar-refractivity contribution in [3.05, 3.63) is 113 Å². The molecular formula is C41H42O14. The second-order valence-corrected chi connectivity index (χ2v) is 12.3. The Labute approximate surface area is 317 Å². The smallest absolute Gasteiger partial charge is 0.351 e. The maximum absolute atomic E-state index is 14.9. The highest BCUT2D eigenvalue weighted by Crippen LogP contribution is 2.53. The Kier molecular flexibility index (Phi) is 12.5. The van der Waals surface area contributed by atoms with Crippen LogP contribution in [0.2, 0.25) is 0 Å². The molecule has 0 aromatic heterocycles. The van der Waals surface area contributed by atoms with E-state index in [-0.39, 0.29) is 51.9 Å². The lowest BCUT2D eigenvalue weighted by atomic mass is 9.63. The van der Waals surface area contributed by atoms with Gasteiger partial charge in [0, 0.05) is 11.1 Å². The molecule has 290 valence electrons. The van der Waals surface area contributed by atoms with Crippen molar-refractivity contribution in [2.24, 2.45) is 11.8 Å². The van der Waals surface area contributed by atoms with Gasteiger partial charge in [-0.1, -0.05) is 60.7 Å². The molecule has 14 nitrogen and oxygen atoms in total. The van der Waals surface area contributed by atoms with Crippen LogP contribution in [-0.4, -0.2) is 78.8 Å². The minimum atomic E-state index is -2.49. The van der Waals surface area contributed by atoms with Crippen LogP contribution < -0.4 is 23.7 Å². The molecule has 0 unspecified atom stereocenters. The predicted molar refractivity (Wildman–Crippen MR) is 194 cm³/mol. The third kappa shape index (κ3) is 7.71. The average molecular weight is 759 g/mol. The summed E-state index contributed by atoms with van der Waals surface area (Å²) >= 11 is 0. The largest absolute Gasteiger partial charge is 0.493 e. The van der Waals surface area contributed by atoms with Crippen LogP contribution in [0.3, 0.4) is 0 Å². The lowest BCUT2D eigenvalue weighted by molar-refractivity contribution is -0.186. The highest BCUT2D eigenvalue weighted by atomic mass is 16.6. The van der Waals surface area contributed by atoms with E-state index in [1.165, 1.54) is 53.7 Å². The van der Waals surface area contributed by atoms with Crippen LogP contribution >= 0.6 is 0 Å². The van der Waals surface area contributed by atoms with Crippen molar-refractivity contribution >= 4 is 23.9 Å². The van der Waals surface area contributed by atoms with Crippen LogP contribution in [0.1, 0.15) is 40.0 Å². The van der Waals surface area contributed by atoms with Crippen molar-refractivity contribution in [1.29, 1.82) is 0 Å². The first kappa shape index (κ1) is 39.9. The van der Waals surface area contributed by atoms with E-state index >= 15 is 0 Å². The summed E-state index contributed by atoms with van der Waals surface area (Å²) in [6.07, 6.45) is -3.40. The molecule has 0 fully saturated rings. The van der Waals surface area contributed by atoms with Gasteiger partial charge < -0.3 is 47.7 Å². The van der Waals surface area contributed by atoms with Crippen molar-refractivity contribution in [2.45, 2.75) is 24.2 Å². The Bertz CT molecular complexity index is 1990. The SMILES string of the molecule is COC(=O)[C@@H](OC(=O)[C@@H]1Cc2cc(OC)c(OC)cc2[C@](O)(c2cc(OC)c(OC)c(OC)c2)[C@H]1C(=O)O[C@H](C(=O)OC)c1ccccc1)c1ccccc1. The summed E-state index contributed by atoms with van der Waals surface area (Å²) in [6.45, 7) is 0. The quantitative estimate of drug-likeness (QED) is 0.139.